The number of rotatable bonds is 6. The van der Waals surface area contributed by atoms with Gasteiger partial charge >= 0.3 is 0 Å². The fourth-order valence-corrected chi connectivity index (χ4v) is 5.35. The van der Waals surface area contributed by atoms with Crippen LogP contribution in [0.2, 0.25) is 0 Å². The molecule has 2 N–H and O–H groups in total. The lowest BCUT2D eigenvalue weighted by Crippen LogP contribution is -2.41. The van der Waals surface area contributed by atoms with E-state index in [1.54, 1.807) is 0 Å². The predicted molar refractivity (Wildman–Crippen MR) is 108 cm³/mol. The minimum Gasteiger partial charge on any atom is -0.495 e. The number of sulfonamides is 1. The zero-order valence-corrected chi connectivity index (χ0v) is 17.4. The third kappa shape index (κ3) is 4.92. The molecule has 0 unspecified atom stereocenters. The molecule has 0 radical (unpaired) electrons. The quantitative estimate of drug-likeness (QED) is 0.526. The minimum atomic E-state index is -4.28. The molecule has 1 aliphatic rings. The number of benzene rings is 1. The van der Waals surface area contributed by atoms with Gasteiger partial charge in [-0.3, -0.25) is 20.3 Å². The highest BCUT2D eigenvalue weighted by atomic mass is 32.2. The normalized spacial score (nSPS) is 14.4. The van der Waals surface area contributed by atoms with Gasteiger partial charge in [-0.25, -0.2) is 8.42 Å². The first-order chi connectivity index (χ1) is 13.8. The number of fused-ring (bicyclic) bond motifs is 1. The smallest absolute Gasteiger partial charge is 0.276 e. The third-order valence-corrected chi connectivity index (χ3v) is 7.17. The van der Waals surface area contributed by atoms with Crippen LogP contribution in [0.1, 0.15) is 45.8 Å². The summed E-state index contributed by atoms with van der Waals surface area (Å²) in [5.74, 6) is -0.647. The van der Waals surface area contributed by atoms with Crippen molar-refractivity contribution in [3.05, 3.63) is 49.7 Å². The Labute approximate surface area is 172 Å². The Morgan fingerprint density at radius 3 is 2.59 bits per heavy atom. The minimum absolute atomic E-state index is 0.0727. The summed E-state index contributed by atoms with van der Waals surface area (Å²) in [7, 11) is -3.03. The van der Waals surface area contributed by atoms with Crippen LogP contribution in [0.4, 0.5) is 5.69 Å². The van der Waals surface area contributed by atoms with Crippen molar-refractivity contribution in [1.29, 1.82) is 0 Å². The number of carbonyl (C=O) groups is 1. The number of methoxy groups -OCH3 is 1. The molecule has 3 rings (SSSR count). The standard InChI is InChI=1S/C18H21N3O6S2/c1-27-14-9-8-13(21(23)24)11-17(14)29(25,26)20-19-18(22)16-10-12-6-4-2-3-5-7-15(12)28-16/h8-11,20H,2-7H2,1H3,(H,19,22). The molecule has 0 fully saturated rings. The highest BCUT2D eigenvalue weighted by molar-refractivity contribution is 7.89. The van der Waals surface area contributed by atoms with Crippen LogP contribution in [0, 0.1) is 10.1 Å². The number of carbonyl (C=O) groups excluding carboxylic acids is 1. The SMILES string of the molecule is COc1ccc([N+](=O)[O-])cc1S(=O)(=O)NNC(=O)c1cc2c(s1)CCCCCC2. The molecule has 0 spiro atoms. The van der Waals surface area contributed by atoms with Crippen LogP contribution in [0.5, 0.6) is 5.75 Å². The van der Waals surface area contributed by atoms with E-state index in [0.717, 1.165) is 48.3 Å². The summed E-state index contributed by atoms with van der Waals surface area (Å²) < 4.78 is 30.1. The van der Waals surface area contributed by atoms with Crippen molar-refractivity contribution in [2.45, 2.75) is 43.4 Å². The van der Waals surface area contributed by atoms with Gasteiger partial charge in [0, 0.05) is 17.0 Å². The van der Waals surface area contributed by atoms with Gasteiger partial charge in [0.05, 0.1) is 16.9 Å². The maximum Gasteiger partial charge on any atom is 0.276 e. The van der Waals surface area contributed by atoms with Crippen LogP contribution in [-0.4, -0.2) is 26.4 Å². The van der Waals surface area contributed by atoms with Gasteiger partial charge in [-0.05, 0) is 43.4 Å². The number of hydrogen-bond donors (Lipinski definition) is 2. The lowest BCUT2D eigenvalue weighted by molar-refractivity contribution is -0.385. The second-order valence-electron chi connectivity index (χ2n) is 6.63. The van der Waals surface area contributed by atoms with Crippen molar-refractivity contribution in [2.75, 3.05) is 7.11 Å². The molecular formula is C18H21N3O6S2. The molecule has 156 valence electrons. The Bertz CT molecular complexity index is 1010. The summed E-state index contributed by atoms with van der Waals surface area (Å²) in [6.07, 6.45) is 6.32. The van der Waals surface area contributed by atoms with Gasteiger partial charge in [-0.2, -0.15) is 0 Å². The van der Waals surface area contributed by atoms with Crippen molar-refractivity contribution in [2.24, 2.45) is 0 Å². The maximum absolute atomic E-state index is 12.6. The number of ether oxygens (including phenoxy) is 1. The number of nitro groups is 1. The van der Waals surface area contributed by atoms with E-state index >= 15 is 0 Å². The van der Waals surface area contributed by atoms with E-state index in [9.17, 15) is 23.3 Å². The number of hydrazine groups is 1. The topological polar surface area (TPSA) is 128 Å². The Kier molecular flexibility index (Phi) is 6.50. The molecule has 0 aliphatic heterocycles. The first-order valence-corrected chi connectivity index (χ1v) is 11.4. The lowest BCUT2D eigenvalue weighted by Gasteiger charge is -2.11. The first-order valence-electron chi connectivity index (χ1n) is 9.08. The Balaban J connectivity index is 1.77. The molecule has 0 saturated carbocycles. The van der Waals surface area contributed by atoms with Crippen LogP contribution in [0.15, 0.2) is 29.2 Å². The lowest BCUT2D eigenvalue weighted by atomic mass is 10.00. The van der Waals surface area contributed by atoms with Crippen molar-refractivity contribution in [3.8, 4) is 5.75 Å². The fourth-order valence-electron chi connectivity index (χ4n) is 3.18. The molecular weight excluding hydrogens is 418 g/mol. The van der Waals surface area contributed by atoms with E-state index in [1.807, 2.05) is 10.9 Å². The monoisotopic (exact) mass is 439 g/mol. The number of non-ortho nitro benzene ring substituents is 1. The van der Waals surface area contributed by atoms with Gasteiger partial charge in [0.1, 0.15) is 10.6 Å². The number of thiophene rings is 1. The highest BCUT2D eigenvalue weighted by Crippen LogP contribution is 2.29. The molecule has 9 nitrogen and oxygen atoms in total. The molecule has 11 heteroatoms. The van der Waals surface area contributed by atoms with E-state index in [-0.39, 0.29) is 5.75 Å². The number of nitro benzene ring substituents is 1. The molecule has 2 aromatic rings. The van der Waals surface area contributed by atoms with E-state index in [1.165, 1.54) is 37.4 Å². The molecule has 0 atom stereocenters. The number of amides is 1. The fraction of sp³-hybridized carbons (Fsp3) is 0.389. The van der Waals surface area contributed by atoms with E-state index in [0.29, 0.717) is 4.88 Å². The largest absolute Gasteiger partial charge is 0.495 e. The highest BCUT2D eigenvalue weighted by Gasteiger charge is 2.24. The predicted octanol–water partition coefficient (Wildman–Crippen LogP) is 2.95. The third-order valence-electron chi connectivity index (χ3n) is 4.67. The number of nitrogens with zero attached hydrogens (tertiary/aromatic N) is 1. The maximum atomic E-state index is 12.6. The van der Waals surface area contributed by atoms with Crippen LogP contribution < -0.4 is 15.0 Å². The van der Waals surface area contributed by atoms with E-state index in [4.69, 9.17) is 4.74 Å². The number of nitrogens with one attached hydrogen (secondary N) is 2. The Hall–Kier alpha value is -2.50. The number of hydrogen-bond acceptors (Lipinski definition) is 7. The molecule has 1 amide bonds. The average Bonchev–Trinajstić information content (AvgIpc) is 3.07. The van der Waals surface area contributed by atoms with Crippen molar-refractivity contribution in [1.82, 2.24) is 10.3 Å². The summed E-state index contributed by atoms with van der Waals surface area (Å²) in [5, 5.41) is 11.0. The zero-order chi connectivity index (χ0) is 21.0. The molecule has 1 aliphatic carbocycles. The second-order valence-corrected chi connectivity index (χ2v) is 9.41. The van der Waals surface area contributed by atoms with Crippen molar-refractivity contribution in [3.63, 3.8) is 0 Å². The summed E-state index contributed by atoms with van der Waals surface area (Å²) in [5.41, 5.74) is 2.92. The molecule has 0 saturated heterocycles. The Morgan fingerprint density at radius 1 is 1.17 bits per heavy atom. The summed E-state index contributed by atoms with van der Waals surface area (Å²) in [4.78, 5) is 25.9. The van der Waals surface area contributed by atoms with Crippen molar-refractivity contribution >= 4 is 33.0 Å². The van der Waals surface area contributed by atoms with Gasteiger partial charge in [-0.15, -0.1) is 16.2 Å². The molecule has 1 heterocycles. The van der Waals surface area contributed by atoms with Gasteiger partial charge in [0.2, 0.25) is 0 Å². The summed E-state index contributed by atoms with van der Waals surface area (Å²) >= 11 is 1.37. The molecule has 29 heavy (non-hydrogen) atoms. The van der Waals surface area contributed by atoms with Gasteiger partial charge in [0.15, 0.2) is 0 Å². The van der Waals surface area contributed by atoms with Gasteiger partial charge in [-0.1, -0.05) is 12.8 Å². The van der Waals surface area contributed by atoms with Crippen LogP contribution in [0.3, 0.4) is 0 Å². The Morgan fingerprint density at radius 2 is 1.90 bits per heavy atom. The van der Waals surface area contributed by atoms with E-state index < -0.39 is 31.4 Å². The zero-order valence-electron chi connectivity index (χ0n) is 15.8. The van der Waals surface area contributed by atoms with Gasteiger partial charge in [0.25, 0.3) is 21.6 Å². The van der Waals surface area contributed by atoms with Crippen LogP contribution >= 0.6 is 11.3 Å². The number of aryl methyl sites for hydroxylation is 2. The van der Waals surface area contributed by atoms with Gasteiger partial charge < -0.3 is 4.74 Å². The molecule has 1 aromatic carbocycles. The molecule has 0 bridgehead atoms. The molecule has 1 aromatic heterocycles. The first kappa shape index (κ1) is 21.2. The summed E-state index contributed by atoms with van der Waals surface area (Å²) in [6.45, 7) is 0. The van der Waals surface area contributed by atoms with Crippen molar-refractivity contribution < 1.29 is 22.9 Å². The van der Waals surface area contributed by atoms with Crippen LogP contribution in [0.25, 0.3) is 0 Å². The van der Waals surface area contributed by atoms with E-state index in [2.05, 4.69) is 5.43 Å². The summed E-state index contributed by atoms with van der Waals surface area (Å²) in [6, 6.07) is 5.01. The second kappa shape index (κ2) is 8.89. The average molecular weight is 440 g/mol. The van der Waals surface area contributed by atoms with Crippen LogP contribution in [-0.2, 0) is 22.9 Å².